The molecule has 0 aliphatic carbocycles. The van der Waals surface area contributed by atoms with Crippen molar-refractivity contribution in [3.8, 4) is 11.8 Å². The maximum Gasteiger partial charge on any atom is 0.228 e. The van der Waals surface area contributed by atoms with Gasteiger partial charge in [-0.25, -0.2) is 0 Å². The minimum Gasteiger partial charge on any atom is -0.324 e. The lowest BCUT2D eigenvalue weighted by molar-refractivity contribution is -0.115. The Morgan fingerprint density at radius 1 is 1.53 bits per heavy atom. The van der Waals surface area contributed by atoms with Gasteiger partial charge < -0.3 is 10.6 Å². The van der Waals surface area contributed by atoms with Crippen LogP contribution in [-0.2, 0) is 11.2 Å². The van der Waals surface area contributed by atoms with Crippen LogP contribution in [0.1, 0.15) is 11.1 Å². The van der Waals surface area contributed by atoms with Crippen molar-refractivity contribution in [2.75, 3.05) is 18.9 Å². The van der Waals surface area contributed by atoms with Crippen LogP contribution in [0.5, 0.6) is 0 Å². The fraction of sp³-hybridized carbons (Fsp3) is 0.250. The summed E-state index contributed by atoms with van der Waals surface area (Å²) in [4.78, 5) is 11.2. The summed E-state index contributed by atoms with van der Waals surface area (Å²) in [6.45, 7) is 0.650. The van der Waals surface area contributed by atoms with Crippen molar-refractivity contribution in [1.29, 1.82) is 0 Å². The van der Waals surface area contributed by atoms with Gasteiger partial charge in [0.05, 0.1) is 18.7 Å². The number of hydrogen-bond donors (Lipinski definition) is 2. The Kier molecular flexibility index (Phi) is 2.70. The van der Waals surface area contributed by atoms with Crippen LogP contribution >= 0.6 is 0 Å². The molecular formula is C12H12N2O. The lowest BCUT2D eigenvalue weighted by atomic mass is 10.1. The van der Waals surface area contributed by atoms with Gasteiger partial charge in [0.15, 0.2) is 0 Å². The molecule has 15 heavy (non-hydrogen) atoms. The van der Waals surface area contributed by atoms with E-state index >= 15 is 0 Å². The number of amides is 1. The normalized spacial score (nSPS) is 12.7. The predicted octanol–water partition coefficient (Wildman–Crippen LogP) is 0.752. The van der Waals surface area contributed by atoms with Crippen LogP contribution in [-0.4, -0.2) is 19.5 Å². The molecule has 3 nitrogen and oxygen atoms in total. The van der Waals surface area contributed by atoms with E-state index in [9.17, 15) is 4.79 Å². The highest BCUT2D eigenvalue weighted by Gasteiger charge is 2.19. The molecule has 2 rings (SSSR count). The molecule has 0 fully saturated rings. The second-order valence-corrected chi connectivity index (χ2v) is 3.40. The molecule has 0 spiro atoms. The monoisotopic (exact) mass is 200 g/mol. The van der Waals surface area contributed by atoms with Crippen molar-refractivity contribution in [2.24, 2.45) is 0 Å². The van der Waals surface area contributed by atoms with E-state index in [0.717, 1.165) is 16.8 Å². The molecule has 0 unspecified atom stereocenters. The first-order valence-electron chi connectivity index (χ1n) is 4.86. The number of para-hydroxylation sites is 1. The number of hydrogen-bond acceptors (Lipinski definition) is 2. The zero-order valence-electron chi connectivity index (χ0n) is 8.55. The average molecular weight is 200 g/mol. The third kappa shape index (κ3) is 2.00. The smallest absolute Gasteiger partial charge is 0.228 e. The van der Waals surface area contributed by atoms with Crippen LogP contribution < -0.4 is 10.6 Å². The number of carbonyl (C=O) groups excluding carboxylic acids is 1. The topological polar surface area (TPSA) is 41.1 Å². The molecule has 1 aromatic rings. The van der Waals surface area contributed by atoms with Crippen molar-refractivity contribution in [3.63, 3.8) is 0 Å². The fourth-order valence-corrected chi connectivity index (χ4v) is 1.58. The van der Waals surface area contributed by atoms with Gasteiger partial charge in [-0.05, 0) is 18.7 Å². The van der Waals surface area contributed by atoms with Crippen molar-refractivity contribution >= 4 is 11.6 Å². The van der Waals surface area contributed by atoms with Crippen LogP contribution in [0.25, 0.3) is 0 Å². The Hall–Kier alpha value is -1.79. The first kappa shape index (κ1) is 9.75. The summed E-state index contributed by atoms with van der Waals surface area (Å²) in [5.74, 6) is 6.07. The molecule has 1 amide bonds. The lowest BCUT2D eigenvalue weighted by Gasteiger charge is -2.00. The number of benzene rings is 1. The Morgan fingerprint density at radius 2 is 2.40 bits per heavy atom. The predicted molar refractivity (Wildman–Crippen MR) is 59.6 cm³/mol. The van der Waals surface area contributed by atoms with E-state index in [2.05, 4.69) is 22.5 Å². The van der Waals surface area contributed by atoms with E-state index in [0.29, 0.717) is 13.0 Å². The summed E-state index contributed by atoms with van der Waals surface area (Å²) >= 11 is 0. The first-order valence-corrected chi connectivity index (χ1v) is 4.86. The quantitative estimate of drug-likeness (QED) is 0.657. The number of fused-ring (bicyclic) bond motifs is 1. The van der Waals surface area contributed by atoms with Crippen LogP contribution in [0.4, 0.5) is 5.69 Å². The number of carbonyl (C=O) groups is 1. The molecule has 1 aromatic carbocycles. The minimum absolute atomic E-state index is 0.0490. The molecule has 0 aromatic heterocycles. The molecule has 0 bridgehead atoms. The first-order chi connectivity index (χ1) is 7.31. The standard InChI is InChI=1S/C12H12N2O/c1-13-7-3-6-9-4-2-5-10-8-11(15)14-12(9)10/h2,4-5,13H,7-8H2,1H3,(H,14,15). The highest BCUT2D eigenvalue weighted by molar-refractivity contribution is 6.00. The molecule has 0 saturated carbocycles. The molecule has 3 heteroatoms. The summed E-state index contributed by atoms with van der Waals surface area (Å²) in [6, 6.07) is 5.81. The van der Waals surface area contributed by atoms with Crippen molar-refractivity contribution in [2.45, 2.75) is 6.42 Å². The summed E-state index contributed by atoms with van der Waals surface area (Å²) in [5.41, 5.74) is 2.82. The third-order valence-electron chi connectivity index (χ3n) is 2.25. The Bertz CT molecular complexity index is 454. The molecule has 0 saturated heterocycles. The lowest BCUT2D eigenvalue weighted by Crippen LogP contribution is -2.05. The molecule has 76 valence electrons. The maximum atomic E-state index is 11.2. The van der Waals surface area contributed by atoms with E-state index < -0.39 is 0 Å². The average Bonchev–Trinajstić information content (AvgIpc) is 2.59. The minimum atomic E-state index is 0.0490. The SMILES string of the molecule is CNCC#Cc1cccc2c1NC(=O)C2. The van der Waals surface area contributed by atoms with Gasteiger partial charge in [-0.15, -0.1) is 0 Å². The third-order valence-corrected chi connectivity index (χ3v) is 2.25. The van der Waals surface area contributed by atoms with Gasteiger partial charge in [-0.2, -0.15) is 0 Å². The largest absolute Gasteiger partial charge is 0.324 e. The molecule has 1 aliphatic rings. The number of nitrogens with one attached hydrogen (secondary N) is 2. The summed E-state index contributed by atoms with van der Waals surface area (Å²) < 4.78 is 0. The van der Waals surface area contributed by atoms with Crippen molar-refractivity contribution in [3.05, 3.63) is 29.3 Å². The fourth-order valence-electron chi connectivity index (χ4n) is 1.58. The molecule has 2 N–H and O–H groups in total. The summed E-state index contributed by atoms with van der Waals surface area (Å²) in [7, 11) is 1.85. The van der Waals surface area contributed by atoms with Gasteiger partial charge in [0, 0.05) is 5.56 Å². The van der Waals surface area contributed by atoms with Gasteiger partial charge in [0.1, 0.15) is 0 Å². The highest BCUT2D eigenvalue weighted by atomic mass is 16.1. The van der Waals surface area contributed by atoms with Crippen LogP contribution in [0.15, 0.2) is 18.2 Å². The van der Waals surface area contributed by atoms with Gasteiger partial charge in [0.2, 0.25) is 5.91 Å². The van der Waals surface area contributed by atoms with Crippen molar-refractivity contribution < 1.29 is 4.79 Å². The second kappa shape index (κ2) is 4.16. The van der Waals surface area contributed by atoms with Crippen LogP contribution in [0.2, 0.25) is 0 Å². The van der Waals surface area contributed by atoms with Gasteiger partial charge >= 0.3 is 0 Å². The maximum absolute atomic E-state index is 11.2. The van der Waals surface area contributed by atoms with Gasteiger partial charge in [-0.3, -0.25) is 4.79 Å². The van der Waals surface area contributed by atoms with Crippen molar-refractivity contribution in [1.82, 2.24) is 5.32 Å². The zero-order valence-corrected chi connectivity index (χ0v) is 8.55. The van der Waals surface area contributed by atoms with E-state index in [4.69, 9.17) is 0 Å². The van der Waals surface area contributed by atoms with E-state index in [-0.39, 0.29) is 5.91 Å². The number of anilines is 1. The molecule has 1 heterocycles. The number of rotatable bonds is 1. The summed E-state index contributed by atoms with van der Waals surface area (Å²) in [5, 5.41) is 5.78. The van der Waals surface area contributed by atoms with E-state index in [1.54, 1.807) is 0 Å². The second-order valence-electron chi connectivity index (χ2n) is 3.40. The Labute approximate surface area is 88.9 Å². The zero-order chi connectivity index (χ0) is 10.7. The molecular weight excluding hydrogens is 188 g/mol. The summed E-state index contributed by atoms with van der Waals surface area (Å²) in [6.07, 6.45) is 0.469. The van der Waals surface area contributed by atoms with Gasteiger partial charge in [0.25, 0.3) is 0 Å². The van der Waals surface area contributed by atoms with E-state index in [1.165, 1.54) is 0 Å². The molecule has 1 aliphatic heterocycles. The van der Waals surface area contributed by atoms with Crippen LogP contribution in [0, 0.1) is 11.8 Å². The van der Waals surface area contributed by atoms with Crippen LogP contribution in [0.3, 0.4) is 0 Å². The molecule has 0 atom stereocenters. The van der Waals surface area contributed by atoms with E-state index in [1.807, 2.05) is 25.2 Å². The van der Waals surface area contributed by atoms with Gasteiger partial charge in [-0.1, -0.05) is 24.0 Å². The molecule has 0 radical (unpaired) electrons. The highest BCUT2D eigenvalue weighted by Crippen LogP contribution is 2.26. The Morgan fingerprint density at radius 3 is 3.20 bits per heavy atom. The Balaban J connectivity index is 2.32.